The van der Waals surface area contributed by atoms with Crippen molar-refractivity contribution in [2.45, 2.75) is 45.9 Å². The highest BCUT2D eigenvalue weighted by Crippen LogP contribution is 2.25. The molecule has 0 aliphatic heterocycles. The molecule has 0 aliphatic rings. The average molecular weight is 296 g/mol. The van der Waals surface area contributed by atoms with Crippen LogP contribution in [-0.4, -0.2) is 30.3 Å². The largest absolute Gasteiger partial charge is 0.488 e. The second-order valence-electron chi connectivity index (χ2n) is 6.04. The minimum atomic E-state index is -0.400. The molecular weight excluding hydrogens is 272 g/mol. The van der Waals surface area contributed by atoms with E-state index in [2.05, 4.69) is 5.32 Å². The van der Waals surface area contributed by atoms with Crippen LogP contribution in [0, 0.1) is 10.1 Å². The van der Waals surface area contributed by atoms with Crippen LogP contribution >= 0.6 is 0 Å². The number of non-ortho nitro benzene ring substituents is 1. The summed E-state index contributed by atoms with van der Waals surface area (Å²) in [7, 11) is 1.61. The van der Waals surface area contributed by atoms with Crippen molar-refractivity contribution in [2.75, 3.05) is 13.7 Å². The summed E-state index contributed by atoms with van der Waals surface area (Å²) in [6, 6.07) is 4.65. The molecule has 0 radical (unpaired) electrons. The molecule has 1 aromatic carbocycles. The number of hydrogen-bond donors (Lipinski definition) is 1. The Morgan fingerprint density at radius 1 is 1.38 bits per heavy atom. The van der Waals surface area contributed by atoms with Gasteiger partial charge in [-0.15, -0.1) is 0 Å². The zero-order valence-electron chi connectivity index (χ0n) is 13.3. The van der Waals surface area contributed by atoms with Crippen LogP contribution in [0.5, 0.6) is 5.75 Å². The second kappa shape index (κ2) is 7.38. The van der Waals surface area contributed by atoms with Crippen molar-refractivity contribution in [1.82, 2.24) is 5.32 Å². The molecule has 0 aromatic heterocycles. The fraction of sp³-hybridized carbons (Fsp3) is 0.600. The SMILES string of the molecule is COCC(C)Oc1ccc([N+](=O)[O-])cc1CNC(C)(C)C. The van der Waals surface area contributed by atoms with Crippen molar-refractivity contribution in [1.29, 1.82) is 0 Å². The molecule has 0 saturated carbocycles. The number of nitrogens with zero attached hydrogens (tertiary/aromatic N) is 1. The molecule has 0 amide bonds. The first-order chi connectivity index (χ1) is 9.73. The van der Waals surface area contributed by atoms with Gasteiger partial charge in [-0.05, 0) is 33.8 Å². The van der Waals surface area contributed by atoms with Crippen LogP contribution in [0.4, 0.5) is 5.69 Å². The molecule has 21 heavy (non-hydrogen) atoms. The van der Waals surface area contributed by atoms with Gasteiger partial charge in [-0.3, -0.25) is 10.1 Å². The topological polar surface area (TPSA) is 73.6 Å². The van der Waals surface area contributed by atoms with E-state index in [-0.39, 0.29) is 17.3 Å². The van der Waals surface area contributed by atoms with Gasteiger partial charge in [-0.2, -0.15) is 0 Å². The zero-order valence-corrected chi connectivity index (χ0v) is 13.3. The average Bonchev–Trinajstić information content (AvgIpc) is 2.36. The van der Waals surface area contributed by atoms with E-state index in [0.29, 0.717) is 18.9 Å². The molecule has 6 heteroatoms. The summed E-state index contributed by atoms with van der Waals surface area (Å²) in [4.78, 5) is 10.5. The number of methoxy groups -OCH3 is 1. The molecule has 118 valence electrons. The summed E-state index contributed by atoms with van der Waals surface area (Å²) >= 11 is 0. The normalized spacial score (nSPS) is 13.0. The quantitative estimate of drug-likeness (QED) is 0.618. The summed E-state index contributed by atoms with van der Waals surface area (Å²) in [6.07, 6.45) is -0.121. The van der Waals surface area contributed by atoms with Gasteiger partial charge in [0.05, 0.1) is 11.5 Å². The minimum Gasteiger partial charge on any atom is -0.488 e. The lowest BCUT2D eigenvalue weighted by atomic mass is 10.1. The lowest BCUT2D eigenvalue weighted by Crippen LogP contribution is -2.35. The molecule has 0 heterocycles. The van der Waals surface area contributed by atoms with Crippen molar-refractivity contribution in [3.05, 3.63) is 33.9 Å². The summed E-state index contributed by atoms with van der Waals surface area (Å²) in [5.41, 5.74) is 0.745. The lowest BCUT2D eigenvalue weighted by molar-refractivity contribution is -0.384. The first kappa shape index (κ1) is 17.4. The van der Waals surface area contributed by atoms with E-state index >= 15 is 0 Å². The van der Waals surface area contributed by atoms with Gasteiger partial charge in [0.15, 0.2) is 0 Å². The van der Waals surface area contributed by atoms with Crippen LogP contribution < -0.4 is 10.1 Å². The molecule has 0 bridgehead atoms. The summed E-state index contributed by atoms with van der Waals surface area (Å²) in [6.45, 7) is 8.98. The molecular formula is C15H24N2O4. The Morgan fingerprint density at radius 3 is 2.57 bits per heavy atom. The smallest absolute Gasteiger partial charge is 0.270 e. The van der Waals surface area contributed by atoms with Crippen molar-refractivity contribution < 1.29 is 14.4 Å². The molecule has 0 aliphatic carbocycles. The van der Waals surface area contributed by atoms with Gasteiger partial charge >= 0.3 is 0 Å². The van der Waals surface area contributed by atoms with Gasteiger partial charge < -0.3 is 14.8 Å². The van der Waals surface area contributed by atoms with Gasteiger partial charge in [0.1, 0.15) is 11.9 Å². The van der Waals surface area contributed by atoms with E-state index in [9.17, 15) is 10.1 Å². The van der Waals surface area contributed by atoms with E-state index in [1.54, 1.807) is 19.2 Å². The molecule has 1 atom stereocenters. The monoisotopic (exact) mass is 296 g/mol. The number of ether oxygens (including phenoxy) is 2. The highest BCUT2D eigenvalue weighted by Gasteiger charge is 2.16. The molecule has 0 fully saturated rings. The Morgan fingerprint density at radius 2 is 2.05 bits per heavy atom. The number of hydrogen-bond acceptors (Lipinski definition) is 5. The zero-order chi connectivity index (χ0) is 16.0. The van der Waals surface area contributed by atoms with E-state index < -0.39 is 4.92 Å². The Bertz CT molecular complexity index is 483. The third kappa shape index (κ3) is 6.10. The molecule has 1 rings (SSSR count). The molecule has 6 nitrogen and oxygen atoms in total. The molecule has 0 saturated heterocycles. The minimum absolute atomic E-state index is 0.0625. The number of nitrogens with one attached hydrogen (secondary N) is 1. The van der Waals surface area contributed by atoms with E-state index in [0.717, 1.165) is 5.56 Å². The highest BCUT2D eigenvalue weighted by molar-refractivity contribution is 5.44. The van der Waals surface area contributed by atoms with Crippen molar-refractivity contribution in [3.63, 3.8) is 0 Å². The van der Waals surface area contributed by atoms with Gasteiger partial charge in [0.25, 0.3) is 5.69 Å². The van der Waals surface area contributed by atoms with E-state index in [1.807, 2.05) is 27.7 Å². The van der Waals surface area contributed by atoms with Crippen LogP contribution in [0.25, 0.3) is 0 Å². The molecule has 1 N–H and O–H groups in total. The van der Waals surface area contributed by atoms with Crippen molar-refractivity contribution in [3.8, 4) is 5.75 Å². The van der Waals surface area contributed by atoms with Gasteiger partial charge in [0, 0.05) is 36.9 Å². The Hall–Kier alpha value is -1.66. The van der Waals surface area contributed by atoms with Gasteiger partial charge in [0.2, 0.25) is 0 Å². The fourth-order valence-electron chi connectivity index (χ4n) is 1.78. The van der Waals surface area contributed by atoms with Crippen LogP contribution in [0.15, 0.2) is 18.2 Å². The maximum Gasteiger partial charge on any atom is 0.270 e. The summed E-state index contributed by atoms with van der Waals surface area (Å²) in [5.74, 6) is 0.641. The van der Waals surface area contributed by atoms with Crippen LogP contribution in [-0.2, 0) is 11.3 Å². The number of nitro benzene ring substituents is 1. The van der Waals surface area contributed by atoms with E-state index in [4.69, 9.17) is 9.47 Å². The molecule has 0 spiro atoms. The highest BCUT2D eigenvalue weighted by atomic mass is 16.6. The predicted molar refractivity (Wildman–Crippen MR) is 81.7 cm³/mol. The van der Waals surface area contributed by atoms with Gasteiger partial charge in [-0.1, -0.05) is 0 Å². The summed E-state index contributed by atoms with van der Waals surface area (Å²) in [5, 5.41) is 14.2. The maximum absolute atomic E-state index is 10.9. The third-order valence-electron chi connectivity index (χ3n) is 2.79. The Balaban J connectivity index is 2.96. The standard InChI is InChI=1S/C15H24N2O4/c1-11(10-20-5)21-14-7-6-13(17(18)19)8-12(14)9-16-15(2,3)4/h6-8,11,16H,9-10H2,1-5H3. The number of benzene rings is 1. The van der Waals surface area contributed by atoms with Crippen LogP contribution in [0.3, 0.4) is 0 Å². The van der Waals surface area contributed by atoms with Gasteiger partial charge in [-0.25, -0.2) is 0 Å². The summed E-state index contributed by atoms with van der Waals surface area (Å²) < 4.78 is 10.8. The third-order valence-corrected chi connectivity index (χ3v) is 2.79. The first-order valence-corrected chi connectivity index (χ1v) is 6.91. The molecule has 1 aromatic rings. The van der Waals surface area contributed by atoms with Crippen LogP contribution in [0.1, 0.15) is 33.3 Å². The van der Waals surface area contributed by atoms with Crippen molar-refractivity contribution >= 4 is 5.69 Å². The van der Waals surface area contributed by atoms with Crippen LogP contribution in [0.2, 0.25) is 0 Å². The Labute approximate surface area is 125 Å². The maximum atomic E-state index is 10.9. The van der Waals surface area contributed by atoms with E-state index in [1.165, 1.54) is 6.07 Å². The second-order valence-corrected chi connectivity index (χ2v) is 6.04. The van der Waals surface area contributed by atoms with Crippen molar-refractivity contribution in [2.24, 2.45) is 0 Å². The number of nitro groups is 1. The fourth-order valence-corrected chi connectivity index (χ4v) is 1.78. The molecule has 1 unspecified atom stereocenters. The number of rotatable bonds is 7. The first-order valence-electron chi connectivity index (χ1n) is 6.91. The lowest BCUT2D eigenvalue weighted by Gasteiger charge is -2.22. The predicted octanol–water partition coefficient (Wildman–Crippen LogP) is 2.90. The Kier molecular flexibility index (Phi) is 6.11.